The molecule has 6 nitrogen and oxygen atoms in total. The lowest BCUT2D eigenvalue weighted by molar-refractivity contribution is -0.119. The molecule has 2 N–H and O–H groups in total. The summed E-state index contributed by atoms with van der Waals surface area (Å²) in [6.45, 7) is 0.650. The van der Waals surface area contributed by atoms with Gasteiger partial charge in [0, 0.05) is 37.0 Å². The lowest BCUT2D eigenvalue weighted by Gasteiger charge is -2.11. The number of aromatic nitrogens is 2. The monoisotopic (exact) mass is 296 g/mol. The van der Waals surface area contributed by atoms with Gasteiger partial charge in [-0.25, -0.2) is 9.97 Å². The molecule has 2 amide bonds. The van der Waals surface area contributed by atoms with Crippen molar-refractivity contribution in [2.45, 2.75) is 18.8 Å². The van der Waals surface area contributed by atoms with Gasteiger partial charge in [-0.15, -0.1) is 0 Å². The van der Waals surface area contributed by atoms with Crippen LogP contribution in [0.4, 0.5) is 5.69 Å². The predicted octanol–water partition coefficient (Wildman–Crippen LogP) is 1.26. The van der Waals surface area contributed by atoms with Crippen LogP contribution in [0.25, 0.3) is 0 Å². The quantitative estimate of drug-likeness (QED) is 0.889. The van der Waals surface area contributed by atoms with Crippen LogP contribution in [0.15, 0.2) is 43.0 Å². The minimum atomic E-state index is -0.118. The van der Waals surface area contributed by atoms with E-state index in [0.29, 0.717) is 13.0 Å². The van der Waals surface area contributed by atoms with Crippen molar-refractivity contribution in [2.75, 3.05) is 11.9 Å². The fourth-order valence-corrected chi connectivity index (χ4v) is 2.52. The maximum Gasteiger partial charge on any atom is 0.228 e. The zero-order chi connectivity index (χ0) is 15.4. The summed E-state index contributed by atoms with van der Waals surface area (Å²) in [5.41, 5.74) is 2.56. The molecular formula is C16H16N4O2. The Kier molecular flexibility index (Phi) is 4.09. The van der Waals surface area contributed by atoms with Crippen molar-refractivity contribution in [1.82, 2.24) is 15.3 Å². The van der Waals surface area contributed by atoms with Crippen LogP contribution in [0.1, 0.15) is 23.5 Å². The van der Waals surface area contributed by atoms with Crippen LogP contribution in [-0.4, -0.2) is 28.3 Å². The fraction of sp³-hybridized carbons (Fsp3) is 0.250. The number of hydrogen-bond donors (Lipinski definition) is 2. The molecule has 2 aromatic rings. The highest BCUT2D eigenvalue weighted by Crippen LogP contribution is 2.25. The largest absolute Gasteiger partial charge is 0.355 e. The van der Waals surface area contributed by atoms with Gasteiger partial charge in [0.1, 0.15) is 6.33 Å². The number of hydrogen-bond acceptors (Lipinski definition) is 4. The second-order valence-corrected chi connectivity index (χ2v) is 5.30. The third-order valence-electron chi connectivity index (χ3n) is 3.60. The number of carbonyl (C=O) groups is 2. The van der Waals surface area contributed by atoms with Crippen molar-refractivity contribution in [3.63, 3.8) is 0 Å². The molecule has 112 valence electrons. The maximum absolute atomic E-state index is 12.0. The summed E-state index contributed by atoms with van der Waals surface area (Å²) in [7, 11) is 0. The molecule has 1 aromatic carbocycles. The van der Waals surface area contributed by atoms with Gasteiger partial charge in [0.15, 0.2) is 0 Å². The molecule has 0 spiro atoms. The Morgan fingerprint density at radius 3 is 2.86 bits per heavy atom. The minimum absolute atomic E-state index is 0.0727. The van der Waals surface area contributed by atoms with Gasteiger partial charge in [0.25, 0.3) is 0 Å². The van der Waals surface area contributed by atoms with E-state index >= 15 is 0 Å². The van der Waals surface area contributed by atoms with E-state index < -0.39 is 0 Å². The van der Waals surface area contributed by atoms with Crippen LogP contribution in [0.3, 0.4) is 0 Å². The summed E-state index contributed by atoms with van der Waals surface area (Å²) in [6.07, 6.45) is 5.41. The lowest BCUT2D eigenvalue weighted by atomic mass is 9.98. The van der Waals surface area contributed by atoms with E-state index in [2.05, 4.69) is 20.6 Å². The van der Waals surface area contributed by atoms with E-state index in [1.807, 2.05) is 24.3 Å². The first-order valence-electron chi connectivity index (χ1n) is 7.11. The van der Waals surface area contributed by atoms with Gasteiger partial charge in [0.2, 0.25) is 11.8 Å². The number of amides is 2. The topological polar surface area (TPSA) is 84.0 Å². The Morgan fingerprint density at radius 2 is 2.14 bits per heavy atom. The molecule has 0 aliphatic carbocycles. The molecule has 1 unspecified atom stereocenters. The van der Waals surface area contributed by atoms with Crippen LogP contribution in [-0.2, 0) is 16.0 Å². The minimum Gasteiger partial charge on any atom is -0.355 e. The zero-order valence-corrected chi connectivity index (χ0v) is 12.0. The molecule has 1 saturated heterocycles. The Hall–Kier alpha value is -2.76. The van der Waals surface area contributed by atoms with Gasteiger partial charge in [-0.2, -0.15) is 0 Å². The number of nitrogens with one attached hydrogen (secondary N) is 2. The molecule has 1 aliphatic rings. The Labute approximate surface area is 128 Å². The van der Waals surface area contributed by atoms with Crippen molar-refractivity contribution in [1.29, 1.82) is 0 Å². The van der Waals surface area contributed by atoms with Crippen LogP contribution in [0.2, 0.25) is 0 Å². The first-order valence-corrected chi connectivity index (χ1v) is 7.11. The van der Waals surface area contributed by atoms with Crippen LogP contribution < -0.4 is 10.6 Å². The van der Waals surface area contributed by atoms with Crippen molar-refractivity contribution in [3.05, 3.63) is 54.1 Å². The molecule has 0 bridgehead atoms. The van der Waals surface area contributed by atoms with Crippen molar-refractivity contribution < 1.29 is 9.59 Å². The van der Waals surface area contributed by atoms with Gasteiger partial charge < -0.3 is 10.6 Å². The Balaban J connectivity index is 1.65. The van der Waals surface area contributed by atoms with E-state index in [-0.39, 0.29) is 24.2 Å². The van der Waals surface area contributed by atoms with Crippen LogP contribution >= 0.6 is 0 Å². The number of carbonyl (C=O) groups excluding carboxylic acids is 2. The average Bonchev–Trinajstić information content (AvgIpc) is 2.95. The third-order valence-corrected chi connectivity index (χ3v) is 3.60. The maximum atomic E-state index is 12.0. The van der Waals surface area contributed by atoms with Gasteiger partial charge in [0.05, 0.1) is 6.42 Å². The summed E-state index contributed by atoms with van der Waals surface area (Å²) >= 11 is 0. The number of rotatable bonds is 4. The summed E-state index contributed by atoms with van der Waals surface area (Å²) in [5.74, 6) is 0.128. The Morgan fingerprint density at radius 1 is 1.32 bits per heavy atom. The summed E-state index contributed by atoms with van der Waals surface area (Å²) in [5, 5.41) is 5.69. The first-order chi connectivity index (χ1) is 10.7. The lowest BCUT2D eigenvalue weighted by Crippen LogP contribution is -2.15. The number of anilines is 1. The Bertz CT molecular complexity index is 688. The highest BCUT2D eigenvalue weighted by molar-refractivity contribution is 5.92. The van der Waals surface area contributed by atoms with Crippen molar-refractivity contribution in [3.8, 4) is 0 Å². The van der Waals surface area contributed by atoms with Gasteiger partial charge in [-0.3, -0.25) is 9.59 Å². The fourth-order valence-electron chi connectivity index (χ4n) is 2.52. The molecule has 3 rings (SSSR count). The van der Waals surface area contributed by atoms with Gasteiger partial charge >= 0.3 is 0 Å². The molecule has 6 heteroatoms. The van der Waals surface area contributed by atoms with Gasteiger partial charge in [-0.05, 0) is 23.3 Å². The standard InChI is InChI=1S/C16H16N4O2/c21-15-6-13(9-19-15)12-2-1-3-14(5-12)20-16(22)4-11-7-17-10-18-8-11/h1-3,5,7-8,10,13H,4,6,9H2,(H,19,21)(H,20,22). The average molecular weight is 296 g/mol. The molecule has 1 atom stereocenters. The number of nitrogens with zero attached hydrogens (tertiary/aromatic N) is 2. The highest BCUT2D eigenvalue weighted by atomic mass is 16.2. The zero-order valence-electron chi connectivity index (χ0n) is 12.0. The van der Waals surface area contributed by atoms with Crippen molar-refractivity contribution >= 4 is 17.5 Å². The summed E-state index contributed by atoms with van der Waals surface area (Å²) in [6, 6.07) is 7.63. The molecule has 22 heavy (non-hydrogen) atoms. The second kappa shape index (κ2) is 6.34. The second-order valence-electron chi connectivity index (χ2n) is 5.30. The molecule has 2 heterocycles. The molecular weight excluding hydrogens is 280 g/mol. The normalized spacial score (nSPS) is 17.1. The van der Waals surface area contributed by atoms with E-state index in [1.165, 1.54) is 6.33 Å². The van der Waals surface area contributed by atoms with E-state index in [1.54, 1.807) is 12.4 Å². The molecule has 1 fully saturated rings. The van der Waals surface area contributed by atoms with E-state index in [0.717, 1.165) is 16.8 Å². The molecule has 0 radical (unpaired) electrons. The van der Waals surface area contributed by atoms with Crippen LogP contribution in [0, 0.1) is 0 Å². The van der Waals surface area contributed by atoms with E-state index in [9.17, 15) is 9.59 Å². The summed E-state index contributed by atoms with van der Waals surface area (Å²) in [4.78, 5) is 31.1. The predicted molar refractivity (Wildman–Crippen MR) is 81.2 cm³/mol. The highest BCUT2D eigenvalue weighted by Gasteiger charge is 2.23. The van der Waals surface area contributed by atoms with Gasteiger partial charge in [-0.1, -0.05) is 12.1 Å². The molecule has 0 saturated carbocycles. The first kappa shape index (κ1) is 14.2. The number of benzene rings is 1. The SMILES string of the molecule is O=C1CC(c2cccc(NC(=O)Cc3cncnc3)c2)CN1. The third kappa shape index (κ3) is 3.46. The summed E-state index contributed by atoms with van der Waals surface area (Å²) < 4.78 is 0. The van der Waals surface area contributed by atoms with E-state index in [4.69, 9.17) is 0 Å². The smallest absolute Gasteiger partial charge is 0.228 e. The van der Waals surface area contributed by atoms with Crippen LogP contribution in [0.5, 0.6) is 0 Å². The van der Waals surface area contributed by atoms with Crippen molar-refractivity contribution in [2.24, 2.45) is 0 Å². The molecule has 1 aromatic heterocycles. The molecule has 1 aliphatic heterocycles.